The standard InChI is InChI=1S/C22H28FN3O2.HI/c1-24-21(25-15-17-6-8-20(27-2)9-7-17)26-16-22(10-12-28-13-11-22)18-4-3-5-19(23)14-18;/h3-9,14H,10-13,15-16H2,1-2H3,(H2,24,25,26);1H. The summed E-state index contributed by atoms with van der Waals surface area (Å²) in [6, 6.07) is 14.8. The Morgan fingerprint density at radius 3 is 2.48 bits per heavy atom. The van der Waals surface area contributed by atoms with Gasteiger partial charge in [-0.15, -0.1) is 24.0 Å². The molecular formula is C22H29FIN3O2. The van der Waals surface area contributed by atoms with Crippen LogP contribution in [0.2, 0.25) is 0 Å². The second kappa shape index (κ2) is 11.3. The minimum atomic E-state index is -0.203. The number of guanidine groups is 1. The van der Waals surface area contributed by atoms with Crippen LogP contribution in [-0.4, -0.2) is 39.9 Å². The van der Waals surface area contributed by atoms with E-state index in [1.165, 1.54) is 6.07 Å². The van der Waals surface area contributed by atoms with E-state index in [1.807, 2.05) is 30.3 Å². The molecule has 0 aliphatic carbocycles. The fourth-order valence-corrected chi connectivity index (χ4v) is 3.55. The molecule has 2 aromatic carbocycles. The summed E-state index contributed by atoms with van der Waals surface area (Å²) >= 11 is 0. The van der Waals surface area contributed by atoms with Gasteiger partial charge in [0.05, 0.1) is 7.11 Å². The highest BCUT2D eigenvalue weighted by Gasteiger charge is 2.34. The lowest BCUT2D eigenvalue weighted by molar-refractivity contribution is 0.0513. The van der Waals surface area contributed by atoms with Gasteiger partial charge in [0.15, 0.2) is 5.96 Å². The van der Waals surface area contributed by atoms with E-state index >= 15 is 0 Å². The van der Waals surface area contributed by atoms with E-state index in [-0.39, 0.29) is 35.2 Å². The van der Waals surface area contributed by atoms with Crippen molar-refractivity contribution >= 4 is 29.9 Å². The SMILES string of the molecule is CN=C(NCc1ccc(OC)cc1)NCC1(c2cccc(F)c2)CCOCC1.I. The number of nitrogens with one attached hydrogen (secondary N) is 2. The number of ether oxygens (including phenoxy) is 2. The molecule has 0 unspecified atom stereocenters. The van der Waals surface area contributed by atoms with Crippen LogP contribution in [-0.2, 0) is 16.7 Å². The molecule has 0 amide bonds. The average molecular weight is 513 g/mol. The quantitative estimate of drug-likeness (QED) is 0.350. The maximum atomic E-state index is 13.8. The zero-order valence-corrected chi connectivity index (χ0v) is 19.2. The summed E-state index contributed by atoms with van der Waals surface area (Å²) in [6.07, 6.45) is 1.69. The van der Waals surface area contributed by atoms with Gasteiger partial charge >= 0.3 is 0 Å². The van der Waals surface area contributed by atoms with Crippen molar-refractivity contribution in [1.29, 1.82) is 0 Å². The van der Waals surface area contributed by atoms with Crippen molar-refractivity contribution in [3.8, 4) is 5.75 Å². The lowest BCUT2D eigenvalue weighted by atomic mass is 9.74. The molecule has 29 heavy (non-hydrogen) atoms. The van der Waals surface area contributed by atoms with Gasteiger partial charge in [-0.25, -0.2) is 4.39 Å². The molecule has 7 heteroatoms. The fourth-order valence-electron chi connectivity index (χ4n) is 3.55. The Morgan fingerprint density at radius 1 is 1.14 bits per heavy atom. The molecule has 0 bridgehead atoms. The fraction of sp³-hybridized carbons (Fsp3) is 0.409. The average Bonchev–Trinajstić information content (AvgIpc) is 2.75. The summed E-state index contributed by atoms with van der Waals surface area (Å²) in [7, 11) is 3.41. The van der Waals surface area contributed by atoms with Crippen LogP contribution in [0.1, 0.15) is 24.0 Å². The Kier molecular flexibility index (Phi) is 9.16. The molecule has 1 fully saturated rings. The lowest BCUT2D eigenvalue weighted by Crippen LogP contribution is -2.48. The number of halogens is 2. The van der Waals surface area contributed by atoms with E-state index in [4.69, 9.17) is 9.47 Å². The minimum Gasteiger partial charge on any atom is -0.497 e. The van der Waals surface area contributed by atoms with Gasteiger partial charge in [-0.1, -0.05) is 24.3 Å². The Morgan fingerprint density at radius 2 is 1.86 bits per heavy atom. The van der Waals surface area contributed by atoms with Crippen LogP contribution < -0.4 is 15.4 Å². The van der Waals surface area contributed by atoms with E-state index in [2.05, 4.69) is 15.6 Å². The van der Waals surface area contributed by atoms with Crippen molar-refractivity contribution in [3.63, 3.8) is 0 Å². The Labute approximate surface area is 189 Å². The Hall–Kier alpha value is -1.87. The number of benzene rings is 2. The highest BCUT2D eigenvalue weighted by molar-refractivity contribution is 14.0. The summed E-state index contributed by atoms with van der Waals surface area (Å²) < 4.78 is 24.6. The van der Waals surface area contributed by atoms with E-state index in [9.17, 15) is 4.39 Å². The first kappa shape index (κ1) is 23.4. The molecule has 0 saturated carbocycles. The largest absolute Gasteiger partial charge is 0.497 e. The van der Waals surface area contributed by atoms with E-state index < -0.39 is 0 Å². The lowest BCUT2D eigenvalue weighted by Gasteiger charge is -2.38. The second-order valence-corrected chi connectivity index (χ2v) is 7.03. The summed E-state index contributed by atoms with van der Waals surface area (Å²) in [5, 5.41) is 6.76. The number of aliphatic imine (C=N–C) groups is 1. The maximum absolute atomic E-state index is 13.8. The molecule has 0 radical (unpaired) electrons. The van der Waals surface area contributed by atoms with Crippen LogP contribution in [0.3, 0.4) is 0 Å². The van der Waals surface area contributed by atoms with Crippen LogP contribution in [0, 0.1) is 5.82 Å². The number of methoxy groups -OCH3 is 1. The van der Waals surface area contributed by atoms with E-state index in [0.29, 0.717) is 26.3 Å². The van der Waals surface area contributed by atoms with Gasteiger partial charge in [0.25, 0.3) is 0 Å². The van der Waals surface area contributed by atoms with Crippen LogP contribution in [0.15, 0.2) is 53.5 Å². The zero-order chi connectivity index (χ0) is 19.8. The van der Waals surface area contributed by atoms with Gasteiger partial charge in [0.1, 0.15) is 11.6 Å². The minimum absolute atomic E-state index is 0. The number of hydrogen-bond donors (Lipinski definition) is 2. The predicted molar refractivity (Wildman–Crippen MR) is 125 cm³/mol. The number of rotatable bonds is 6. The Balaban J connectivity index is 0.00000300. The van der Waals surface area contributed by atoms with Crippen LogP contribution in [0.4, 0.5) is 4.39 Å². The molecule has 2 aromatic rings. The zero-order valence-electron chi connectivity index (χ0n) is 16.9. The van der Waals surface area contributed by atoms with Crippen LogP contribution in [0.5, 0.6) is 5.75 Å². The summed E-state index contributed by atoms with van der Waals surface area (Å²) in [5.74, 6) is 1.35. The van der Waals surface area contributed by atoms with Crippen LogP contribution in [0.25, 0.3) is 0 Å². The molecule has 0 spiro atoms. The molecule has 3 rings (SSSR count). The summed E-state index contributed by atoms with van der Waals surface area (Å²) in [6.45, 7) is 2.67. The molecule has 5 nitrogen and oxygen atoms in total. The van der Waals surface area contributed by atoms with Gasteiger partial charge in [0, 0.05) is 38.8 Å². The normalized spacial score (nSPS) is 15.9. The highest BCUT2D eigenvalue weighted by atomic mass is 127. The topological polar surface area (TPSA) is 54.9 Å². The van der Waals surface area contributed by atoms with Crippen molar-refractivity contribution in [2.75, 3.05) is 33.9 Å². The first-order valence-electron chi connectivity index (χ1n) is 9.56. The molecule has 0 atom stereocenters. The molecule has 1 aliphatic heterocycles. The van der Waals surface area contributed by atoms with Crippen molar-refractivity contribution < 1.29 is 13.9 Å². The van der Waals surface area contributed by atoms with Crippen molar-refractivity contribution in [3.05, 3.63) is 65.5 Å². The first-order chi connectivity index (χ1) is 13.6. The summed E-state index contributed by atoms with van der Waals surface area (Å²) in [4.78, 5) is 4.33. The molecule has 0 aromatic heterocycles. The van der Waals surface area contributed by atoms with Gasteiger partial charge < -0.3 is 20.1 Å². The maximum Gasteiger partial charge on any atom is 0.191 e. The molecule has 1 aliphatic rings. The summed E-state index contributed by atoms with van der Waals surface area (Å²) in [5.41, 5.74) is 1.97. The second-order valence-electron chi connectivity index (χ2n) is 7.03. The molecule has 158 valence electrons. The highest BCUT2D eigenvalue weighted by Crippen LogP contribution is 2.34. The van der Waals surface area contributed by atoms with Crippen molar-refractivity contribution in [1.82, 2.24) is 10.6 Å². The van der Waals surface area contributed by atoms with E-state index in [1.54, 1.807) is 26.3 Å². The Bertz CT molecular complexity index is 793. The molecule has 1 saturated heterocycles. The van der Waals surface area contributed by atoms with Crippen molar-refractivity contribution in [2.24, 2.45) is 4.99 Å². The van der Waals surface area contributed by atoms with Crippen molar-refractivity contribution in [2.45, 2.75) is 24.8 Å². The molecule has 2 N–H and O–H groups in total. The van der Waals surface area contributed by atoms with Gasteiger partial charge in [0.2, 0.25) is 0 Å². The smallest absolute Gasteiger partial charge is 0.191 e. The predicted octanol–water partition coefficient (Wildman–Crippen LogP) is 3.87. The monoisotopic (exact) mass is 513 g/mol. The number of nitrogens with zero attached hydrogens (tertiary/aromatic N) is 1. The van der Waals surface area contributed by atoms with Gasteiger partial charge in [-0.2, -0.15) is 0 Å². The van der Waals surface area contributed by atoms with Gasteiger partial charge in [-0.3, -0.25) is 4.99 Å². The van der Waals surface area contributed by atoms with Crippen LogP contribution >= 0.6 is 24.0 Å². The van der Waals surface area contributed by atoms with E-state index in [0.717, 1.165) is 35.7 Å². The third-order valence-corrected chi connectivity index (χ3v) is 5.32. The first-order valence-corrected chi connectivity index (χ1v) is 9.56. The van der Waals surface area contributed by atoms with Gasteiger partial charge in [-0.05, 0) is 48.2 Å². The molecular weight excluding hydrogens is 484 g/mol. The third kappa shape index (κ3) is 6.30. The number of hydrogen-bond acceptors (Lipinski definition) is 3. The molecule has 1 heterocycles. The third-order valence-electron chi connectivity index (χ3n) is 5.32.